The third kappa shape index (κ3) is 3.08. The van der Waals surface area contributed by atoms with E-state index in [-0.39, 0.29) is 24.2 Å². The molecule has 2 rings (SSSR count). The van der Waals surface area contributed by atoms with Gasteiger partial charge in [-0.3, -0.25) is 9.59 Å². The Labute approximate surface area is 110 Å². The van der Waals surface area contributed by atoms with Crippen LogP contribution in [-0.4, -0.2) is 35.6 Å². The lowest BCUT2D eigenvalue weighted by molar-refractivity contribution is -0.140. The number of hydrogen-bond acceptors (Lipinski definition) is 3. The molecule has 19 heavy (non-hydrogen) atoms. The van der Waals surface area contributed by atoms with Crippen LogP contribution in [0, 0.1) is 5.82 Å². The Bertz CT molecular complexity index is 489. The third-order valence-electron chi connectivity index (χ3n) is 3.02. The summed E-state index contributed by atoms with van der Waals surface area (Å²) in [6.45, 7) is 2.30. The summed E-state index contributed by atoms with van der Waals surface area (Å²) in [5.74, 6) is -1.70. The first-order valence-corrected chi connectivity index (χ1v) is 6.02. The van der Waals surface area contributed by atoms with Crippen LogP contribution in [0.3, 0.4) is 0 Å². The number of carbonyl (C=O) groups is 2. The molecule has 1 fully saturated rings. The van der Waals surface area contributed by atoms with Crippen molar-refractivity contribution in [1.29, 1.82) is 0 Å². The largest absolute Gasteiger partial charge is 0.481 e. The Kier molecular flexibility index (Phi) is 3.80. The predicted octanol–water partition coefficient (Wildman–Crippen LogP) is 0.994. The first-order chi connectivity index (χ1) is 8.97. The van der Waals surface area contributed by atoms with Crippen LogP contribution in [0.2, 0.25) is 0 Å². The number of piperazine rings is 1. The van der Waals surface area contributed by atoms with Crippen LogP contribution in [0.5, 0.6) is 0 Å². The van der Waals surface area contributed by atoms with Gasteiger partial charge in [-0.1, -0.05) is 0 Å². The summed E-state index contributed by atoms with van der Waals surface area (Å²) in [4.78, 5) is 24.4. The average molecular weight is 266 g/mol. The highest BCUT2D eigenvalue weighted by atomic mass is 19.1. The molecule has 6 heteroatoms. The van der Waals surface area contributed by atoms with Gasteiger partial charge >= 0.3 is 5.97 Å². The molecular weight excluding hydrogens is 251 g/mol. The van der Waals surface area contributed by atoms with E-state index in [1.54, 1.807) is 0 Å². The molecule has 102 valence electrons. The maximum Gasteiger partial charge on any atom is 0.305 e. The van der Waals surface area contributed by atoms with Gasteiger partial charge in [-0.25, -0.2) is 4.39 Å². The minimum absolute atomic E-state index is 0.0212. The summed E-state index contributed by atoms with van der Waals surface area (Å²) < 4.78 is 12.9. The van der Waals surface area contributed by atoms with Crippen molar-refractivity contribution in [3.8, 4) is 0 Å². The fourth-order valence-corrected chi connectivity index (χ4v) is 2.19. The lowest BCUT2D eigenvalue weighted by Gasteiger charge is -2.36. The number of hydrogen-bond donors (Lipinski definition) is 2. The van der Waals surface area contributed by atoms with Crippen LogP contribution in [0.15, 0.2) is 24.3 Å². The van der Waals surface area contributed by atoms with Crippen molar-refractivity contribution in [3.63, 3.8) is 0 Å². The molecule has 1 saturated heterocycles. The van der Waals surface area contributed by atoms with Gasteiger partial charge in [0.1, 0.15) is 5.82 Å². The van der Waals surface area contributed by atoms with Gasteiger partial charge in [0.15, 0.2) is 0 Å². The topological polar surface area (TPSA) is 69.6 Å². The van der Waals surface area contributed by atoms with Gasteiger partial charge in [0.05, 0.1) is 12.5 Å². The zero-order valence-electron chi connectivity index (χ0n) is 10.5. The van der Waals surface area contributed by atoms with Gasteiger partial charge in [-0.05, 0) is 31.2 Å². The Morgan fingerprint density at radius 2 is 2.11 bits per heavy atom. The fourth-order valence-electron chi connectivity index (χ4n) is 2.19. The van der Waals surface area contributed by atoms with Crippen molar-refractivity contribution in [2.75, 3.05) is 11.4 Å². The summed E-state index contributed by atoms with van der Waals surface area (Å²) in [5, 5.41) is 11.8. The van der Waals surface area contributed by atoms with Crippen molar-refractivity contribution >= 4 is 17.6 Å². The van der Waals surface area contributed by atoms with Crippen LogP contribution in [-0.2, 0) is 9.59 Å². The quantitative estimate of drug-likeness (QED) is 0.856. The van der Waals surface area contributed by atoms with E-state index in [1.165, 1.54) is 29.2 Å². The highest BCUT2D eigenvalue weighted by Crippen LogP contribution is 2.20. The number of aliphatic carboxylic acids is 1. The molecule has 1 heterocycles. The zero-order chi connectivity index (χ0) is 14.0. The van der Waals surface area contributed by atoms with Gasteiger partial charge in [-0.15, -0.1) is 0 Å². The lowest BCUT2D eigenvalue weighted by atomic mass is 10.1. The van der Waals surface area contributed by atoms with Crippen LogP contribution in [0.1, 0.15) is 13.3 Å². The third-order valence-corrected chi connectivity index (χ3v) is 3.02. The predicted molar refractivity (Wildman–Crippen MR) is 67.4 cm³/mol. The van der Waals surface area contributed by atoms with Gasteiger partial charge in [0.2, 0.25) is 5.91 Å². The Morgan fingerprint density at radius 1 is 1.47 bits per heavy atom. The summed E-state index contributed by atoms with van der Waals surface area (Å²) in [6.07, 6.45) is -0.263. The van der Waals surface area contributed by atoms with Crippen molar-refractivity contribution in [1.82, 2.24) is 5.32 Å². The lowest BCUT2D eigenvalue weighted by Crippen LogP contribution is -2.59. The summed E-state index contributed by atoms with van der Waals surface area (Å²) in [7, 11) is 0. The Hall–Kier alpha value is -1.95. The number of benzene rings is 1. The fraction of sp³-hybridized carbons (Fsp3) is 0.385. The molecule has 1 amide bonds. The molecule has 1 aliphatic rings. The minimum atomic E-state index is -1.03. The second-order valence-corrected chi connectivity index (χ2v) is 4.64. The molecule has 2 unspecified atom stereocenters. The summed E-state index contributed by atoms with van der Waals surface area (Å²) in [6, 6.07) is 4.83. The smallest absolute Gasteiger partial charge is 0.305 e. The SMILES string of the molecule is CC1CN(c2ccc(F)cc2)C(=O)C(CC(=O)O)N1. The number of nitrogens with zero attached hydrogens (tertiary/aromatic N) is 1. The van der Waals surface area contributed by atoms with Gasteiger partial charge in [0, 0.05) is 18.3 Å². The molecule has 1 aromatic carbocycles. The van der Waals surface area contributed by atoms with Crippen LogP contribution >= 0.6 is 0 Å². The second kappa shape index (κ2) is 5.36. The molecule has 0 spiro atoms. The van der Waals surface area contributed by atoms with E-state index in [0.29, 0.717) is 12.2 Å². The Balaban J connectivity index is 2.21. The van der Waals surface area contributed by atoms with Gasteiger partial charge in [0.25, 0.3) is 0 Å². The summed E-state index contributed by atoms with van der Waals surface area (Å²) in [5.41, 5.74) is 0.579. The molecule has 2 N–H and O–H groups in total. The molecule has 0 radical (unpaired) electrons. The number of carboxylic acid groups (broad SMARTS) is 1. The van der Waals surface area contributed by atoms with E-state index < -0.39 is 12.0 Å². The van der Waals surface area contributed by atoms with E-state index in [2.05, 4.69) is 5.32 Å². The molecule has 0 aliphatic carbocycles. The minimum Gasteiger partial charge on any atom is -0.481 e. The number of rotatable bonds is 3. The molecule has 2 atom stereocenters. The average Bonchev–Trinajstić information content (AvgIpc) is 2.34. The first kappa shape index (κ1) is 13.5. The van der Waals surface area contributed by atoms with E-state index in [9.17, 15) is 14.0 Å². The van der Waals surface area contributed by atoms with Crippen molar-refractivity contribution < 1.29 is 19.1 Å². The Morgan fingerprint density at radius 3 is 2.68 bits per heavy atom. The molecular formula is C13H15FN2O3. The van der Waals surface area contributed by atoms with E-state index in [1.807, 2.05) is 6.92 Å². The second-order valence-electron chi connectivity index (χ2n) is 4.64. The standard InChI is InChI=1S/C13H15FN2O3/c1-8-7-16(10-4-2-9(14)3-5-10)13(19)11(15-8)6-12(17)18/h2-5,8,11,15H,6-7H2,1H3,(H,17,18). The molecule has 5 nitrogen and oxygen atoms in total. The van der Waals surface area contributed by atoms with Gasteiger partial charge < -0.3 is 15.3 Å². The van der Waals surface area contributed by atoms with Crippen molar-refractivity contribution in [2.24, 2.45) is 0 Å². The van der Waals surface area contributed by atoms with Gasteiger partial charge in [-0.2, -0.15) is 0 Å². The van der Waals surface area contributed by atoms with Crippen molar-refractivity contribution in [3.05, 3.63) is 30.1 Å². The number of anilines is 1. The maximum absolute atomic E-state index is 12.9. The highest BCUT2D eigenvalue weighted by Gasteiger charge is 2.33. The molecule has 1 aromatic rings. The molecule has 1 aliphatic heterocycles. The number of nitrogens with one attached hydrogen (secondary N) is 1. The van der Waals surface area contributed by atoms with Crippen LogP contribution < -0.4 is 10.2 Å². The monoisotopic (exact) mass is 266 g/mol. The van der Waals surface area contributed by atoms with Crippen molar-refractivity contribution in [2.45, 2.75) is 25.4 Å². The first-order valence-electron chi connectivity index (χ1n) is 6.02. The molecule has 0 bridgehead atoms. The van der Waals surface area contributed by atoms with E-state index >= 15 is 0 Å². The van der Waals surface area contributed by atoms with E-state index in [0.717, 1.165) is 0 Å². The number of carbonyl (C=O) groups excluding carboxylic acids is 1. The van der Waals surface area contributed by atoms with Crippen LogP contribution in [0.25, 0.3) is 0 Å². The van der Waals surface area contributed by atoms with Crippen LogP contribution in [0.4, 0.5) is 10.1 Å². The molecule has 0 aromatic heterocycles. The number of halogens is 1. The number of amides is 1. The van der Waals surface area contributed by atoms with E-state index in [4.69, 9.17) is 5.11 Å². The zero-order valence-corrected chi connectivity index (χ0v) is 10.5. The number of carboxylic acids is 1. The highest BCUT2D eigenvalue weighted by molar-refractivity contribution is 5.99. The summed E-state index contributed by atoms with van der Waals surface area (Å²) >= 11 is 0. The molecule has 0 saturated carbocycles. The normalized spacial score (nSPS) is 23.5. The maximum atomic E-state index is 12.9.